The summed E-state index contributed by atoms with van der Waals surface area (Å²) in [5, 5.41) is 0. The molecule has 10 nitrogen and oxygen atoms in total. The number of methoxy groups -OCH3 is 2. The molecule has 1 saturated heterocycles. The molecule has 3 aromatic rings. The molecule has 0 spiro atoms. The number of carbonyl (C=O) groups is 2. The van der Waals surface area contributed by atoms with Crippen molar-refractivity contribution in [1.82, 2.24) is 9.80 Å². The number of halogens is 4. The average molecular weight is 666 g/mol. The minimum atomic E-state index is -5.30. The molecule has 0 radical (unpaired) electrons. The van der Waals surface area contributed by atoms with Crippen LogP contribution >= 0.6 is 0 Å². The summed E-state index contributed by atoms with van der Waals surface area (Å²) in [5.41, 5.74) is -1.60. The zero-order chi connectivity index (χ0) is 33.8. The molecule has 2 amide bonds. The van der Waals surface area contributed by atoms with E-state index in [1.54, 1.807) is 25.1 Å². The predicted molar refractivity (Wildman–Crippen MR) is 158 cm³/mol. The van der Waals surface area contributed by atoms with Crippen molar-refractivity contribution in [2.45, 2.75) is 42.4 Å². The van der Waals surface area contributed by atoms with E-state index in [0.29, 0.717) is 9.87 Å². The molecule has 2 heterocycles. The minimum Gasteiger partial charge on any atom is -0.497 e. The fourth-order valence-corrected chi connectivity index (χ4v) is 7.74. The number of fused-ring (bicyclic) bond motifs is 1. The highest BCUT2D eigenvalue weighted by atomic mass is 32.2. The van der Waals surface area contributed by atoms with Crippen LogP contribution in [0.2, 0.25) is 0 Å². The second-order valence-corrected chi connectivity index (χ2v) is 12.9. The number of carbonyl (C=O) groups excluding carboxylic acids is 2. The molecule has 0 N–H and O–H groups in total. The van der Waals surface area contributed by atoms with Crippen LogP contribution in [0.15, 0.2) is 65.6 Å². The lowest BCUT2D eigenvalue weighted by atomic mass is 9.80. The molecular formula is C31H31F4N3O7S. The Balaban J connectivity index is 1.85. The maximum atomic E-state index is 15.4. The van der Waals surface area contributed by atoms with Crippen LogP contribution in [-0.2, 0) is 25.2 Å². The average Bonchev–Trinajstić information content (AvgIpc) is 3.50. The van der Waals surface area contributed by atoms with E-state index in [4.69, 9.17) is 9.47 Å². The third-order valence-electron chi connectivity index (χ3n) is 8.05. The van der Waals surface area contributed by atoms with Crippen LogP contribution in [0.25, 0.3) is 0 Å². The number of ether oxygens (including phenoxy) is 3. The van der Waals surface area contributed by atoms with Gasteiger partial charge in [0.15, 0.2) is 11.3 Å². The zero-order valence-corrected chi connectivity index (χ0v) is 26.3. The first-order chi connectivity index (χ1) is 21.6. The molecular weight excluding hydrogens is 634 g/mol. The lowest BCUT2D eigenvalue weighted by Gasteiger charge is -2.42. The van der Waals surface area contributed by atoms with Crippen LogP contribution in [0.4, 0.5) is 23.2 Å². The normalized spacial score (nSPS) is 21.7. The number of para-hydroxylation sites is 1. The van der Waals surface area contributed by atoms with Crippen molar-refractivity contribution in [2.75, 3.05) is 39.2 Å². The van der Waals surface area contributed by atoms with Gasteiger partial charge in [-0.2, -0.15) is 0 Å². The third kappa shape index (κ3) is 5.30. The van der Waals surface area contributed by atoms with Gasteiger partial charge in [-0.1, -0.05) is 35.9 Å². The molecule has 46 heavy (non-hydrogen) atoms. The summed E-state index contributed by atoms with van der Waals surface area (Å²) in [6, 6.07) is 12.1. The van der Waals surface area contributed by atoms with Crippen molar-refractivity contribution in [3.05, 3.63) is 77.4 Å². The number of hydrogen-bond acceptors (Lipinski definition) is 8. The smallest absolute Gasteiger partial charge is 0.497 e. The van der Waals surface area contributed by atoms with Crippen LogP contribution in [-0.4, -0.2) is 83.5 Å². The van der Waals surface area contributed by atoms with Gasteiger partial charge in [0.05, 0.1) is 25.9 Å². The van der Waals surface area contributed by atoms with Gasteiger partial charge in [-0.3, -0.25) is 14.5 Å². The van der Waals surface area contributed by atoms with Crippen molar-refractivity contribution in [1.29, 1.82) is 0 Å². The molecule has 0 aromatic heterocycles. The van der Waals surface area contributed by atoms with Crippen molar-refractivity contribution in [2.24, 2.45) is 0 Å². The van der Waals surface area contributed by atoms with Gasteiger partial charge < -0.3 is 19.1 Å². The lowest BCUT2D eigenvalue weighted by molar-refractivity contribution is -0.275. The number of anilines is 1. The zero-order valence-electron chi connectivity index (χ0n) is 25.5. The van der Waals surface area contributed by atoms with Crippen molar-refractivity contribution >= 4 is 27.5 Å². The molecule has 0 bridgehead atoms. The van der Waals surface area contributed by atoms with Crippen LogP contribution in [0.3, 0.4) is 0 Å². The molecule has 5 rings (SSSR count). The fourth-order valence-electron chi connectivity index (χ4n) is 6.18. The number of benzene rings is 3. The predicted octanol–water partition coefficient (Wildman–Crippen LogP) is 4.39. The Morgan fingerprint density at radius 3 is 2.30 bits per heavy atom. The molecule has 1 fully saturated rings. The SMILES string of the molecule is COc1ccc(S(=O)(=O)N2C(=O)C(c3ccccc3OC)(N3C[C@@H](F)C[C@@H]3C(=O)N(C)C)c3cc(C)ccc32)c(OC(F)(F)F)c1. The Morgan fingerprint density at radius 2 is 1.67 bits per heavy atom. The monoisotopic (exact) mass is 665 g/mol. The molecule has 0 aliphatic carbocycles. The van der Waals surface area contributed by atoms with Crippen molar-refractivity contribution < 1.29 is 49.8 Å². The first-order valence-corrected chi connectivity index (χ1v) is 15.4. The number of sulfonamides is 1. The van der Waals surface area contributed by atoms with E-state index < -0.39 is 63.1 Å². The largest absolute Gasteiger partial charge is 0.573 e. The summed E-state index contributed by atoms with van der Waals surface area (Å²) < 4.78 is 100.0. The first kappa shape index (κ1) is 33.0. The van der Waals surface area contributed by atoms with E-state index >= 15 is 9.18 Å². The Kier molecular flexibility index (Phi) is 8.45. The number of amides is 2. The third-order valence-corrected chi connectivity index (χ3v) is 9.79. The highest BCUT2D eigenvalue weighted by molar-refractivity contribution is 7.93. The van der Waals surface area contributed by atoms with Gasteiger partial charge >= 0.3 is 6.36 Å². The number of aryl methyl sites for hydroxylation is 1. The summed E-state index contributed by atoms with van der Waals surface area (Å²) in [7, 11) is 0.256. The summed E-state index contributed by atoms with van der Waals surface area (Å²) in [4.78, 5) is 30.3. The van der Waals surface area contributed by atoms with Crippen LogP contribution in [0.1, 0.15) is 23.1 Å². The van der Waals surface area contributed by atoms with E-state index in [9.17, 15) is 26.4 Å². The summed E-state index contributed by atoms with van der Waals surface area (Å²) >= 11 is 0. The number of alkyl halides is 4. The standard InChI is InChI=1S/C31H31F4N3O7S/c1-18-10-12-23-22(14-18)30(21-8-6-7-9-25(21)44-5,37-17-19(32)15-24(37)28(39)36(2)3)29(40)38(23)46(41,42)27-13-11-20(43-4)16-26(27)45-31(33,34)35/h6-14,16,19,24H,15,17H2,1-5H3/t19-,24+,30?/m0/s1. The number of rotatable bonds is 8. The molecule has 0 saturated carbocycles. The van der Waals surface area contributed by atoms with E-state index in [1.807, 2.05) is 0 Å². The summed E-state index contributed by atoms with van der Waals surface area (Å²) in [6.07, 6.45) is -7.18. The van der Waals surface area contributed by atoms with Gasteiger partial charge in [-0.15, -0.1) is 13.2 Å². The van der Waals surface area contributed by atoms with Gasteiger partial charge in [0.1, 0.15) is 22.6 Å². The van der Waals surface area contributed by atoms with Crippen molar-refractivity contribution in [3.8, 4) is 17.2 Å². The topological polar surface area (TPSA) is 106 Å². The van der Waals surface area contributed by atoms with Gasteiger partial charge in [0.25, 0.3) is 15.9 Å². The Bertz CT molecular complexity index is 1800. The van der Waals surface area contributed by atoms with Crippen LogP contribution in [0.5, 0.6) is 17.2 Å². The summed E-state index contributed by atoms with van der Waals surface area (Å²) in [5.74, 6) is -2.84. The first-order valence-electron chi connectivity index (χ1n) is 14.0. The molecule has 3 aromatic carbocycles. The quantitative estimate of drug-likeness (QED) is 0.327. The van der Waals surface area contributed by atoms with Crippen LogP contribution < -0.4 is 18.5 Å². The molecule has 2 aliphatic heterocycles. The molecule has 2 aliphatic rings. The van der Waals surface area contributed by atoms with Gasteiger partial charge in [-0.05, 0) is 31.2 Å². The fraction of sp³-hybridized carbons (Fsp3) is 0.355. The second kappa shape index (κ2) is 11.8. The maximum Gasteiger partial charge on any atom is 0.573 e. The number of nitrogens with zero attached hydrogens (tertiary/aromatic N) is 3. The summed E-state index contributed by atoms with van der Waals surface area (Å²) in [6.45, 7) is 1.25. The highest BCUT2D eigenvalue weighted by Crippen LogP contribution is 2.55. The van der Waals surface area contributed by atoms with Gasteiger partial charge in [0, 0.05) is 44.3 Å². The van der Waals surface area contributed by atoms with Crippen molar-refractivity contribution in [3.63, 3.8) is 0 Å². The maximum absolute atomic E-state index is 15.4. The Hall–Kier alpha value is -4.37. The molecule has 15 heteroatoms. The number of likely N-dealkylation sites (N-methyl/N-ethyl adjacent to an activating group) is 1. The molecule has 1 unspecified atom stereocenters. The van der Waals surface area contributed by atoms with E-state index in [0.717, 1.165) is 18.2 Å². The number of likely N-dealkylation sites (tertiary alicyclic amines) is 1. The van der Waals surface area contributed by atoms with E-state index in [1.165, 1.54) is 62.4 Å². The van der Waals surface area contributed by atoms with Gasteiger partial charge in [-0.25, -0.2) is 17.1 Å². The van der Waals surface area contributed by atoms with Gasteiger partial charge in [0.2, 0.25) is 5.91 Å². The Morgan fingerprint density at radius 1 is 0.978 bits per heavy atom. The number of hydrogen-bond donors (Lipinski definition) is 0. The minimum absolute atomic E-state index is 0.0723. The molecule has 3 atom stereocenters. The molecule has 246 valence electrons. The lowest BCUT2D eigenvalue weighted by Crippen LogP contribution is -2.59. The highest BCUT2D eigenvalue weighted by Gasteiger charge is 2.64. The van der Waals surface area contributed by atoms with E-state index in [2.05, 4.69) is 4.74 Å². The second-order valence-electron chi connectivity index (χ2n) is 11.1. The Labute approximate surface area is 263 Å². The van der Waals surface area contributed by atoms with E-state index in [-0.39, 0.29) is 34.7 Å². The van der Waals surface area contributed by atoms with Crippen LogP contribution in [0, 0.1) is 6.92 Å².